The smallest absolute Gasteiger partial charge is 0.243 e. The fraction of sp³-hybridized carbons (Fsp3) is 0.526. The third-order valence-electron chi connectivity index (χ3n) is 4.29. The van der Waals surface area contributed by atoms with Gasteiger partial charge in [-0.3, -0.25) is 15.0 Å². The number of carbonyl (C=O) groups is 2. The van der Waals surface area contributed by atoms with E-state index in [9.17, 15) is 9.59 Å². The first-order valence-electron chi connectivity index (χ1n) is 8.68. The number of amidine groups is 1. The quantitative estimate of drug-likeness (QED) is 0.563. The number of rotatable bonds is 5. The SMILES string of the molecule is CC(C)(C)CC(=O)N1CCC[C@H]1C(=O)NCc1ccc(C(=N)N)cc1. The molecular formula is C19H28N4O2. The number of amides is 2. The molecule has 0 unspecified atom stereocenters. The lowest BCUT2D eigenvalue weighted by Crippen LogP contribution is -2.46. The first kappa shape index (κ1) is 19.0. The third-order valence-corrected chi connectivity index (χ3v) is 4.29. The Morgan fingerprint density at radius 1 is 1.28 bits per heavy atom. The normalized spacial score (nSPS) is 17.4. The molecule has 4 N–H and O–H groups in total. The molecule has 1 atom stereocenters. The van der Waals surface area contributed by atoms with Gasteiger partial charge >= 0.3 is 0 Å². The van der Waals surface area contributed by atoms with Gasteiger partial charge in [-0.05, 0) is 23.8 Å². The fourth-order valence-electron chi connectivity index (χ4n) is 3.00. The van der Waals surface area contributed by atoms with Crippen LogP contribution in [0.3, 0.4) is 0 Å². The van der Waals surface area contributed by atoms with Crippen LogP contribution in [0.4, 0.5) is 0 Å². The minimum Gasteiger partial charge on any atom is -0.384 e. The minimum atomic E-state index is -0.369. The first-order valence-corrected chi connectivity index (χ1v) is 8.68. The summed E-state index contributed by atoms with van der Waals surface area (Å²) in [6, 6.07) is 6.84. The van der Waals surface area contributed by atoms with E-state index in [4.69, 9.17) is 11.1 Å². The second-order valence-corrected chi connectivity index (χ2v) is 7.81. The van der Waals surface area contributed by atoms with E-state index in [1.807, 2.05) is 32.9 Å². The molecule has 0 radical (unpaired) electrons. The van der Waals surface area contributed by atoms with Crippen LogP contribution in [0.1, 0.15) is 51.2 Å². The van der Waals surface area contributed by atoms with E-state index < -0.39 is 0 Å². The van der Waals surface area contributed by atoms with Crippen molar-refractivity contribution < 1.29 is 9.59 Å². The summed E-state index contributed by atoms with van der Waals surface area (Å²) in [5.74, 6) is -0.0269. The topological polar surface area (TPSA) is 99.3 Å². The van der Waals surface area contributed by atoms with Crippen molar-refractivity contribution in [3.05, 3.63) is 35.4 Å². The summed E-state index contributed by atoms with van der Waals surface area (Å²) in [5.41, 5.74) is 6.94. The van der Waals surface area contributed by atoms with Crippen LogP contribution in [0.5, 0.6) is 0 Å². The molecule has 0 spiro atoms. The average molecular weight is 344 g/mol. The van der Waals surface area contributed by atoms with Gasteiger partial charge in [0, 0.05) is 25.1 Å². The number of likely N-dealkylation sites (tertiary alicyclic amines) is 1. The number of nitrogens with one attached hydrogen (secondary N) is 2. The third kappa shape index (κ3) is 5.31. The lowest BCUT2D eigenvalue weighted by molar-refractivity contribution is -0.139. The fourth-order valence-corrected chi connectivity index (χ4v) is 3.00. The van der Waals surface area contributed by atoms with Crippen molar-refractivity contribution in [2.24, 2.45) is 11.1 Å². The van der Waals surface area contributed by atoms with Gasteiger partial charge in [-0.2, -0.15) is 0 Å². The zero-order valence-corrected chi connectivity index (χ0v) is 15.3. The summed E-state index contributed by atoms with van der Waals surface area (Å²) in [6.07, 6.45) is 2.02. The lowest BCUT2D eigenvalue weighted by atomic mass is 9.91. The van der Waals surface area contributed by atoms with Gasteiger partial charge in [0.25, 0.3) is 0 Å². The summed E-state index contributed by atoms with van der Waals surface area (Å²) in [5, 5.41) is 10.3. The van der Waals surface area contributed by atoms with Gasteiger partial charge in [-0.25, -0.2) is 0 Å². The number of benzene rings is 1. The van der Waals surface area contributed by atoms with Gasteiger partial charge in [-0.1, -0.05) is 45.0 Å². The number of carbonyl (C=O) groups excluding carboxylic acids is 2. The molecule has 136 valence electrons. The predicted octanol–water partition coefficient (Wildman–Crippen LogP) is 2.01. The van der Waals surface area contributed by atoms with Gasteiger partial charge in [0.15, 0.2) is 0 Å². The largest absolute Gasteiger partial charge is 0.384 e. The van der Waals surface area contributed by atoms with E-state index in [2.05, 4.69) is 5.32 Å². The molecule has 1 saturated heterocycles. The summed E-state index contributed by atoms with van der Waals surface area (Å²) in [6.45, 7) is 7.14. The molecule has 1 aromatic rings. The van der Waals surface area contributed by atoms with Gasteiger partial charge in [0.2, 0.25) is 11.8 Å². The molecule has 1 aliphatic heterocycles. The van der Waals surface area contributed by atoms with E-state index in [1.54, 1.807) is 17.0 Å². The van der Waals surface area contributed by atoms with Crippen molar-refractivity contribution >= 4 is 17.6 Å². The Bertz CT molecular complexity index is 646. The Hall–Kier alpha value is -2.37. The second-order valence-electron chi connectivity index (χ2n) is 7.81. The molecule has 0 aliphatic carbocycles. The highest BCUT2D eigenvalue weighted by molar-refractivity contribution is 5.94. The Labute approximate surface area is 149 Å². The highest BCUT2D eigenvalue weighted by Gasteiger charge is 2.35. The zero-order valence-electron chi connectivity index (χ0n) is 15.3. The Balaban J connectivity index is 1.93. The Morgan fingerprint density at radius 2 is 1.92 bits per heavy atom. The molecule has 6 nitrogen and oxygen atoms in total. The van der Waals surface area contributed by atoms with Crippen molar-refractivity contribution in [1.29, 1.82) is 5.41 Å². The van der Waals surface area contributed by atoms with E-state index in [-0.39, 0.29) is 29.1 Å². The molecule has 2 amide bonds. The van der Waals surface area contributed by atoms with E-state index in [0.717, 1.165) is 12.0 Å². The van der Waals surface area contributed by atoms with Crippen molar-refractivity contribution in [2.75, 3.05) is 6.54 Å². The first-order chi connectivity index (χ1) is 11.7. The van der Waals surface area contributed by atoms with Gasteiger partial charge in [-0.15, -0.1) is 0 Å². The van der Waals surface area contributed by atoms with E-state index >= 15 is 0 Å². The summed E-state index contributed by atoms with van der Waals surface area (Å²) < 4.78 is 0. The molecule has 0 bridgehead atoms. The molecule has 0 aromatic heterocycles. The molecule has 6 heteroatoms. The van der Waals surface area contributed by atoms with Crippen LogP contribution in [-0.2, 0) is 16.1 Å². The minimum absolute atomic E-state index is 0.0227. The molecule has 1 aromatic carbocycles. The standard InChI is InChI=1S/C19H28N4O2/c1-19(2,3)11-16(24)23-10-4-5-15(23)18(25)22-12-13-6-8-14(9-7-13)17(20)21/h6-9,15H,4-5,10-12H2,1-3H3,(H3,20,21)(H,22,25)/t15-/m0/s1. The second kappa shape index (κ2) is 7.68. The Morgan fingerprint density at radius 3 is 2.48 bits per heavy atom. The lowest BCUT2D eigenvalue weighted by Gasteiger charge is -2.27. The van der Waals surface area contributed by atoms with Crippen molar-refractivity contribution in [2.45, 2.75) is 52.6 Å². The number of nitrogens with two attached hydrogens (primary N) is 1. The van der Waals surface area contributed by atoms with Crippen LogP contribution in [0.25, 0.3) is 0 Å². The maximum absolute atomic E-state index is 12.5. The van der Waals surface area contributed by atoms with Crippen LogP contribution >= 0.6 is 0 Å². The van der Waals surface area contributed by atoms with Gasteiger partial charge in [0.1, 0.15) is 11.9 Å². The number of hydrogen-bond donors (Lipinski definition) is 3. The molecule has 1 heterocycles. The highest BCUT2D eigenvalue weighted by Crippen LogP contribution is 2.24. The molecule has 1 aliphatic rings. The highest BCUT2D eigenvalue weighted by atomic mass is 16.2. The van der Waals surface area contributed by atoms with Crippen LogP contribution in [0, 0.1) is 10.8 Å². The maximum atomic E-state index is 12.5. The van der Waals surface area contributed by atoms with Crippen molar-refractivity contribution in [3.8, 4) is 0 Å². The maximum Gasteiger partial charge on any atom is 0.243 e. The predicted molar refractivity (Wildman–Crippen MR) is 98.1 cm³/mol. The van der Waals surface area contributed by atoms with Gasteiger partial charge < -0.3 is 16.0 Å². The molecule has 2 rings (SSSR count). The van der Waals surface area contributed by atoms with Crippen LogP contribution in [0.2, 0.25) is 0 Å². The average Bonchev–Trinajstić information content (AvgIpc) is 3.01. The number of nitrogens with zero attached hydrogens (tertiary/aromatic N) is 1. The summed E-state index contributed by atoms with van der Waals surface area (Å²) in [7, 11) is 0. The number of hydrogen-bond acceptors (Lipinski definition) is 3. The summed E-state index contributed by atoms with van der Waals surface area (Å²) in [4.78, 5) is 26.7. The van der Waals surface area contributed by atoms with E-state index in [0.29, 0.717) is 31.5 Å². The number of nitrogen functional groups attached to an aromatic ring is 1. The molecular weight excluding hydrogens is 316 g/mol. The van der Waals surface area contributed by atoms with Crippen molar-refractivity contribution in [3.63, 3.8) is 0 Å². The van der Waals surface area contributed by atoms with Crippen LogP contribution in [0.15, 0.2) is 24.3 Å². The van der Waals surface area contributed by atoms with Crippen molar-refractivity contribution in [1.82, 2.24) is 10.2 Å². The molecule has 25 heavy (non-hydrogen) atoms. The van der Waals surface area contributed by atoms with E-state index in [1.165, 1.54) is 0 Å². The molecule has 0 saturated carbocycles. The monoisotopic (exact) mass is 344 g/mol. The van der Waals surface area contributed by atoms with Gasteiger partial charge in [0.05, 0.1) is 0 Å². The van der Waals surface area contributed by atoms with Crippen LogP contribution < -0.4 is 11.1 Å². The Kier molecular flexibility index (Phi) is 5.82. The molecule has 1 fully saturated rings. The van der Waals surface area contributed by atoms with Crippen LogP contribution in [-0.4, -0.2) is 35.1 Å². The summed E-state index contributed by atoms with van der Waals surface area (Å²) >= 11 is 0. The zero-order chi connectivity index (χ0) is 18.6.